The Kier molecular flexibility index (Phi) is 4.20. The van der Waals surface area contributed by atoms with Crippen molar-refractivity contribution in [2.45, 2.75) is 45.2 Å². The van der Waals surface area contributed by atoms with Crippen LogP contribution in [0.5, 0.6) is 0 Å². The first-order chi connectivity index (χ1) is 9.86. The lowest BCUT2D eigenvalue weighted by molar-refractivity contribution is -0.387. The van der Waals surface area contributed by atoms with Crippen molar-refractivity contribution >= 4 is 11.6 Å². The van der Waals surface area contributed by atoms with Crippen molar-refractivity contribution in [1.29, 1.82) is 0 Å². The summed E-state index contributed by atoms with van der Waals surface area (Å²) in [6, 6.07) is 1.02. The lowest BCUT2D eigenvalue weighted by Gasteiger charge is -2.28. The summed E-state index contributed by atoms with van der Waals surface area (Å²) in [6.45, 7) is 3.78. The summed E-state index contributed by atoms with van der Waals surface area (Å²) >= 11 is 0. The van der Waals surface area contributed by atoms with Crippen LogP contribution in [0.25, 0.3) is 0 Å². The smallest absolute Gasteiger partial charge is 0.307 e. The predicted molar refractivity (Wildman–Crippen MR) is 72.0 cm³/mol. The molecule has 5 nitrogen and oxygen atoms in total. The van der Waals surface area contributed by atoms with Gasteiger partial charge in [0, 0.05) is 12.1 Å². The highest BCUT2D eigenvalue weighted by Gasteiger charge is 2.35. The van der Waals surface area contributed by atoms with Gasteiger partial charge >= 0.3 is 5.69 Å². The molecule has 1 amide bonds. The van der Waals surface area contributed by atoms with Crippen LogP contribution in [0.4, 0.5) is 14.5 Å². The molecule has 21 heavy (non-hydrogen) atoms. The van der Waals surface area contributed by atoms with Crippen molar-refractivity contribution in [1.82, 2.24) is 4.90 Å². The number of hydrogen-bond acceptors (Lipinski definition) is 3. The minimum Gasteiger partial charge on any atom is -0.333 e. The van der Waals surface area contributed by atoms with Gasteiger partial charge in [0.25, 0.3) is 5.91 Å². The molecular weight excluding hydrogens is 282 g/mol. The zero-order valence-electron chi connectivity index (χ0n) is 11.8. The van der Waals surface area contributed by atoms with Crippen LogP contribution in [0.15, 0.2) is 12.1 Å². The van der Waals surface area contributed by atoms with Crippen LogP contribution in [0, 0.1) is 21.7 Å². The summed E-state index contributed by atoms with van der Waals surface area (Å²) < 4.78 is 27.6. The van der Waals surface area contributed by atoms with E-state index >= 15 is 0 Å². The molecule has 0 aliphatic carbocycles. The number of halogens is 2. The van der Waals surface area contributed by atoms with Gasteiger partial charge in [0.05, 0.1) is 16.6 Å². The number of nitro benzene ring substituents is 1. The van der Waals surface area contributed by atoms with Crippen LogP contribution in [0.1, 0.15) is 43.5 Å². The van der Waals surface area contributed by atoms with Crippen molar-refractivity contribution < 1.29 is 18.5 Å². The first-order valence-electron chi connectivity index (χ1n) is 6.82. The molecule has 0 bridgehead atoms. The molecule has 0 N–H and O–H groups in total. The molecule has 0 radical (unpaired) electrons. The number of rotatable bonds is 3. The molecule has 0 saturated carbocycles. The fraction of sp³-hybridized carbons (Fsp3) is 0.500. The standard InChI is InChI=1S/C14H16F2N2O3/c1-3-9-5-4-8(2)17(9)14(19)10-6-12(16)13(18(20)21)7-11(10)15/h6-9H,3-5H2,1-2H3. The Hall–Kier alpha value is -2.05. The van der Waals surface area contributed by atoms with Gasteiger partial charge in [-0.15, -0.1) is 0 Å². The number of carbonyl (C=O) groups excluding carboxylic acids is 1. The van der Waals surface area contributed by atoms with Crippen LogP contribution in [-0.4, -0.2) is 27.8 Å². The Bertz CT molecular complexity index is 592. The quantitative estimate of drug-likeness (QED) is 0.635. The molecule has 0 aromatic heterocycles. The number of nitrogens with zero attached hydrogens (tertiary/aromatic N) is 2. The van der Waals surface area contributed by atoms with Gasteiger partial charge in [-0.3, -0.25) is 14.9 Å². The van der Waals surface area contributed by atoms with Gasteiger partial charge in [0.15, 0.2) is 0 Å². The number of amides is 1. The summed E-state index contributed by atoms with van der Waals surface area (Å²) in [5, 5.41) is 10.6. The monoisotopic (exact) mass is 298 g/mol. The first-order valence-corrected chi connectivity index (χ1v) is 6.82. The molecule has 1 fully saturated rings. The first kappa shape index (κ1) is 15.3. The zero-order chi connectivity index (χ0) is 15.7. The molecule has 2 atom stereocenters. The normalized spacial score (nSPS) is 21.6. The third-order valence-electron chi connectivity index (χ3n) is 3.96. The average Bonchev–Trinajstić information content (AvgIpc) is 2.80. The summed E-state index contributed by atoms with van der Waals surface area (Å²) in [5.74, 6) is -2.88. The minimum atomic E-state index is -1.20. The van der Waals surface area contributed by atoms with E-state index in [4.69, 9.17) is 0 Å². The second kappa shape index (κ2) is 5.75. The molecular formula is C14H16F2N2O3. The highest BCUT2D eigenvalue weighted by molar-refractivity contribution is 5.95. The van der Waals surface area contributed by atoms with Crippen molar-refractivity contribution in [3.8, 4) is 0 Å². The molecule has 2 unspecified atom stereocenters. The van der Waals surface area contributed by atoms with E-state index < -0.39 is 33.7 Å². The van der Waals surface area contributed by atoms with E-state index in [0.29, 0.717) is 12.1 Å². The van der Waals surface area contributed by atoms with Gasteiger partial charge in [-0.25, -0.2) is 4.39 Å². The third kappa shape index (κ3) is 2.72. The Morgan fingerprint density at radius 2 is 2.05 bits per heavy atom. The Morgan fingerprint density at radius 1 is 1.38 bits per heavy atom. The molecule has 2 rings (SSSR count). The molecule has 1 aliphatic rings. The van der Waals surface area contributed by atoms with Gasteiger partial charge in [0.2, 0.25) is 5.82 Å². The van der Waals surface area contributed by atoms with E-state index in [0.717, 1.165) is 19.3 Å². The highest BCUT2D eigenvalue weighted by Crippen LogP contribution is 2.30. The number of benzene rings is 1. The van der Waals surface area contributed by atoms with Crippen molar-refractivity contribution in [3.63, 3.8) is 0 Å². The van der Waals surface area contributed by atoms with Crippen LogP contribution in [0.3, 0.4) is 0 Å². The number of likely N-dealkylation sites (tertiary alicyclic amines) is 1. The van der Waals surface area contributed by atoms with Gasteiger partial charge in [0.1, 0.15) is 5.82 Å². The Labute approximate surface area is 120 Å². The largest absolute Gasteiger partial charge is 0.333 e. The van der Waals surface area contributed by atoms with Crippen LogP contribution in [0.2, 0.25) is 0 Å². The van der Waals surface area contributed by atoms with E-state index in [1.807, 2.05) is 13.8 Å². The second-order valence-electron chi connectivity index (χ2n) is 5.24. The Balaban J connectivity index is 2.40. The fourth-order valence-electron chi connectivity index (χ4n) is 2.82. The van der Waals surface area contributed by atoms with Crippen LogP contribution >= 0.6 is 0 Å². The maximum atomic E-state index is 13.9. The molecule has 1 aromatic carbocycles. The van der Waals surface area contributed by atoms with E-state index in [1.54, 1.807) is 4.90 Å². The number of carbonyl (C=O) groups is 1. The Morgan fingerprint density at radius 3 is 2.62 bits per heavy atom. The molecule has 1 aromatic rings. The summed E-state index contributed by atoms with van der Waals surface area (Å²) in [5.41, 5.74) is -1.42. The zero-order valence-corrected chi connectivity index (χ0v) is 11.8. The number of hydrogen-bond donors (Lipinski definition) is 0. The fourth-order valence-corrected chi connectivity index (χ4v) is 2.82. The van der Waals surface area contributed by atoms with Gasteiger partial charge in [-0.2, -0.15) is 4.39 Å². The summed E-state index contributed by atoms with van der Waals surface area (Å²) in [4.78, 5) is 23.5. The molecule has 114 valence electrons. The maximum Gasteiger partial charge on any atom is 0.307 e. The van der Waals surface area contributed by atoms with Crippen LogP contribution in [-0.2, 0) is 0 Å². The highest BCUT2D eigenvalue weighted by atomic mass is 19.1. The van der Waals surface area contributed by atoms with E-state index in [1.165, 1.54) is 0 Å². The third-order valence-corrected chi connectivity index (χ3v) is 3.96. The predicted octanol–water partition coefficient (Wildman–Crippen LogP) is 3.28. The van der Waals surface area contributed by atoms with Crippen molar-refractivity contribution in [2.24, 2.45) is 0 Å². The molecule has 0 spiro atoms. The maximum absolute atomic E-state index is 13.9. The average molecular weight is 298 g/mol. The minimum absolute atomic E-state index is 0.00912. The summed E-state index contributed by atoms with van der Waals surface area (Å²) in [7, 11) is 0. The van der Waals surface area contributed by atoms with E-state index in [9.17, 15) is 23.7 Å². The van der Waals surface area contributed by atoms with Crippen molar-refractivity contribution in [2.75, 3.05) is 0 Å². The van der Waals surface area contributed by atoms with Gasteiger partial charge in [-0.05, 0) is 32.3 Å². The van der Waals surface area contributed by atoms with Crippen molar-refractivity contribution in [3.05, 3.63) is 39.4 Å². The lowest BCUT2D eigenvalue weighted by atomic mass is 10.1. The topological polar surface area (TPSA) is 63.5 Å². The van der Waals surface area contributed by atoms with Crippen LogP contribution < -0.4 is 0 Å². The van der Waals surface area contributed by atoms with E-state index in [-0.39, 0.29) is 12.1 Å². The van der Waals surface area contributed by atoms with Gasteiger partial charge < -0.3 is 4.90 Å². The number of nitro groups is 1. The molecule has 7 heteroatoms. The molecule has 1 aliphatic heterocycles. The van der Waals surface area contributed by atoms with E-state index in [2.05, 4.69) is 0 Å². The molecule has 1 heterocycles. The lowest BCUT2D eigenvalue weighted by Crippen LogP contribution is -2.40. The summed E-state index contributed by atoms with van der Waals surface area (Å²) in [6.07, 6.45) is 2.36. The van der Waals surface area contributed by atoms with Gasteiger partial charge in [-0.1, -0.05) is 6.92 Å². The SMILES string of the molecule is CCC1CCC(C)N1C(=O)c1cc(F)c([N+](=O)[O-])cc1F. The molecule has 1 saturated heterocycles. The second-order valence-corrected chi connectivity index (χ2v) is 5.24.